The molecule has 1 aromatic rings. The van der Waals surface area contributed by atoms with Gasteiger partial charge in [0.25, 0.3) is 0 Å². The van der Waals surface area contributed by atoms with Gasteiger partial charge in [0.2, 0.25) is 0 Å². The zero-order chi connectivity index (χ0) is 16.2. The summed E-state index contributed by atoms with van der Waals surface area (Å²) >= 11 is 0. The third-order valence-corrected chi connectivity index (χ3v) is 6.83. The van der Waals surface area contributed by atoms with Crippen LogP contribution in [-0.4, -0.2) is 32.2 Å². The van der Waals surface area contributed by atoms with E-state index in [2.05, 4.69) is 16.5 Å². The molecular formula is C18H30N2O2S. The Morgan fingerprint density at radius 1 is 1.22 bits per heavy atom. The van der Waals surface area contributed by atoms with Crippen molar-refractivity contribution in [3.63, 3.8) is 0 Å². The van der Waals surface area contributed by atoms with Crippen molar-refractivity contribution in [2.45, 2.75) is 83.0 Å². The topological polar surface area (TPSA) is 44.1 Å². The van der Waals surface area contributed by atoms with Gasteiger partial charge in [-0.25, -0.2) is 4.98 Å². The minimum atomic E-state index is -0.988. The fourth-order valence-corrected chi connectivity index (χ4v) is 5.21. The Balaban J connectivity index is 1.60. The number of aromatic nitrogens is 2. The fourth-order valence-electron chi connectivity index (χ4n) is 3.90. The van der Waals surface area contributed by atoms with Gasteiger partial charge >= 0.3 is 0 Å². The van der Waals surface area contributed by atoms with E-state index < -0.39 is 10.8 Å². The first-order valence-electron chi connectivity index (χ1n) is 9.19. The van der Waals surface area contributed by atoms with Gasteiger partial charge in [0.05, 0.1) is 29.1 Å². The third-order valence-electron chi connectivity index (χ3n) is 5.45. The molecule has 1 saturated carbocycles. The Bertz CT molecular complexity index is 543. The predicted molar refractivity (Wildman–Crippen MR) is 93.1 cm³/mol. The van der Waals surface area contributed by atoms with Crippen molar-refractivity contribution in [3.8, 4) is 0 Å². The van der Waals surface area contributed by atoms with Crippen molar-refractivity contribution in [2.24, 2.45) is 5.92 Å². The molecule has 2 aliphatic rings. The predicted octanol–water partition coefficient (Wildman–Crippen LogP) is 3.76. The van der Waals surface area contributed by atoms with E-state index in [-0.39, 0.29) is 6.10 Å². The Morgan fingerprint density at radius 3 is 2.70 bits per heavy atom. The summed E-state index contributed by atoms with van der Waals surface area (Å²) < 4.78 is 20.7. The molecule has 2 atom stereocenters. The first-order chi connectivity index (χ1) is 11.1. The van der Waals surface area contributed by atoms with E-state index in [9.17, 15) is 4.21 Å². The number of hydrogen-bond acceptors (Lipinski definition) is 3. The third kappa shape index (κ3) is 4.24. The van der Waals surface area contributed by atoms with E-state index in [1.807, 2.05) is 6.92 Å². The molecular weight excluding hydrogens is 308 g/mol. The standard InChI is InChI=1S/C18H30N2O2S/c1-14-15(2)20(13-17-10-5-11-22-17)18(19-14)23(21)12-6-9-16-7-3-4-8-16/h16-17H,3-13H2,1-2H3/t17-,23-/m0/s1. The molecule has 0 unspecified atom stereocenters. The van der Waals surface area contributed by atoms with Gasteiger partial charge < -0.3 is 9.30 Å². The van der Waals surface area contributed by atoms with E-state index in [4.69, 9.17) is 4.74 Å². The summed E-state index contributed by atoms with van der Waals surface area (Å²) in [6.45, 7) is 5.75. The average Bonchev–Trinajstić information content (AvgIpc) is 3.26. The van der Waals surface area contributed by atoms with Crippen molar-refractivity contribution in [2.75, 3.05) is 12.4 Å². The van der Waals surface area contributed by atoms with E-state index in [1.54, 1.807) is 0 Å². The summed E-state index contributed by atoms with van der Waals surface area (Å²) in [5.41, 5.74) is 2.14. The molecule has 1 aliphatic carbocycles. The lowest BCUT2D eigenvalue weighted by Crippen LogP contribution is -2.19. The molecule has 0 aromatic carbocycles. The number of aryl methyl sites for hydroxylation is 1. The van der Waals surface area contributed by atoms with Crippen molar-refractivity contribution >= 4 is 10.8 Å². The average molecular weight is 339 g/mol. The molecule has 0 radical (unpaired) electrons. The molecule has 2 fully saturated rings. The maximum atomic E-state index is 12.8. The minimum Gasteiger partial charge on any atom is -0.376 e. The van der Waals surface area contributed by atoms with Gasteiger partial charge in [0.1, 0.15) is 0 Å². The zero-order valence-electron chi connectivity index (χ0n) is 14.6. The van der Waals surface area contributed by atoms with Crippen molar-refractivity contribution < 1.29 is 8.95 Å². The second kappa shape index (κ2) is 7.93. The maximum Gasteiger partial charge on any atom is 0.199 e. The molecule has 0 amide bonds. The first-order valence-corrected chi connectivity index (χ1v) is 10.5. The van der Waals surface area contributed by atoms with Gasteiger partial charge in [0, 0.05) is 18.1 Å². The summed E-state index contributed by atoms with van der Waals surface area (Å²) in [7, 11) is -0.988. The SMILES string of the molecule is Cc1nc([S@@](=O)CCCC2CCCC2)n(C[C@@H]2CCCO2)c1C. The first kappa shape index (κ1) is 17.2. The van der Waals surface area contributed by atoms with Gasteiger partial charge in [-0.1, -0.05) is 25.7 Å². The summed E-state index contributed by atoms with van der Waals surface area (Å²) in [4.78, 5) is 4.61. The molecule has 0 spiro atoms. The van der Waals surface area contributed by atoms with Crippen LogP contribution in [0.4, 0.5) is 0 Å². The second-order valence-corrected chi connectivity index (χ2v) is 8.62. The maximum absolute atomic E-state index is 12.8. The van der Waals surface area contributed by atoms with Gasteiger partial charge in [-0.2, -0.15) is 0 Å². The minimum absolute atomic E-state index is 0.261. The lowest BCUT2D eigenvalue weighted by Gasteiger charge is -2.15. The molecule has 5 heteroatoms. The van der Waals surface area contributed by atoms with Crippen LogP contribution >= 0.6 is 0 Å². The second-order valence-electron chi connectivity index (χ2n) is 7.15. The number of imidazole rings is 1. The molecule has 1 aliphatic heterocycles. The molecule has 23 heavy (non-hydrogen) atoms. The summed E-state index contributed by atoms with van der Waals surface area (Å²) in [5, 5.41) is 0.766. The monoisotopic (exact) mass is 338 g/mol. The van der Waals surface area contributed by atoms with Gasteiger partial charge in [-0.15, -0.1) is 0 Å². The van der Waals surface area contributed by atoms with Gasteiger partial charge in [0.15, 0.2) is 5.16 Å². The highest BCUT2D eigenvalue weighted by Crippen LogP contribution is 2.29. The van der Waals surface area contributed by atoms with Crippen LogP contribution < -0.4 is 0 Å². The van der Waals surface area contributed by atoms with Crippen LogP contribution in [0.15, 0.2) is 5.16 Å². The van der Waals surface area contributed by atoms with Crippen LogP contribution in [0.3, 0.4) is 0 Å². The van der Waals surface area contributed by atoms with Crippen LogP contribution in [0.5, 0.6) is 0 Å². The van der Waals surface area contributed by atoms with E-state index in [1.165, 1.54) is 32.1 Å². The van der Waals surface area contributed by atoms with Gasteiger partial charge in [-0.05, 0) is 45.4 Å². The lowest BCUT2D eigenvalue weighted by molar-refractivity contribution is 0.0944. The quantitative estimate of drug-likeness (QED) is 0.760. The van der Waals surface area contributed by atoms with Crippen LogP contribution in [0, 0.1) is 19.8 Å². The summed E-state index contributed by atoms with van der Waals surface area (Å²) in [6.07, 6.45) is 10.3. The van der Waals surface area contributed by atoms with Crippen LogP contribution in [0.1, 0.15) is 62.8 Å². The lowest BCUT2D eigenvalue weighted by atomic mass is 10.0. The largest absolute Gasteiger partial charge is 0.376 e. The normalized spacial score (nSPS) is 23.7. The van der Waals surface area contributed by atoms with E-state index in [0.29, 0.717) is 0 Å². The zero-order valence-corrected chi connectivity index (χ0v) is 15.4. The van der Waals surface area contributed by atoms with Crippen LogP contribution in [0.2, 0.25) is 0 Å². The Hall–Kier alpha value is -0.680. The van der Waals surface area contributed by atoms with Crippen LogP contribution in [0.25, 0.3) is 0 Å². The molecule has 3 rings (SSSR count). The molecule has 1 aromatic heterocycles. The highest BCUT2D eigenvalue weighted by Gasteiger charge is 2.23. The Morgan fingerprint density at radius 2 is 2.00 bits per heavy atom. The molecule has 1 saturated heterocycles. The van der Waals surface area contributed by atoms with Gasteiger partial charge in [-0.3, -0.25) is 4.21 Å². The molecule has 2 heterocycles. The summed E-state index contributed by atoms with van der Waals surface area (Å²) in [5.74, 6) is 1.62. The van der Waals surface area contributed by atoms with E-state index >= 15 is 0 Å². The highest BCUT2D eigenvalue weighted by molar-refractivity contribution is 7.84. The van der Waals surface area contributed by atoms with E-state index in [0.717, 1.165) is 60.6 Å². The smallest absolute Gasteiger partial charge is 0.199 e. The highest BCUT2D eigenvalue weighted by atomic mass is 32.2. The number of nitrogens with zero attached hydrogens (tertiary/aromatic N) is 2. The Kier molecular flexibility index (Phi) is 5.91. The van der Waals surface area contributed by atoms with Crippen LogP contribution in [-0.2, 0) is 22.1 Å². The molecule has 0 N–H and O–H groups in total. The molecule has 130 valence electrons. The molecule has 4 nitrogen and oxygen atoms in total. The molecule has 0 bridgehead atoms. The Labute approximate surface area is 142 Å². The fraction of sp³-hybridized carbons (Fsp3) is 0.833. The van der Waals surface area contributed by atoms with Crippen molar-refractivity contribution in [3.05, 3.63) is 11.4 Å². The summed E-state index contributed by atoms with van der Waals surface area (Å²) in [6, 6.07) is 0. The number of rotatable bonds is 7. The number of ether oxygens (including phenoxy) is 1. The number of hydrogen-bond donors (Lipinski definition) is 0. The van der Waals surface area contributed by atoms with Crippen molar-refractivity contribution in [1.29, 1.82) is 0 Å². The van der Waals surface area contributed by atoms with Crippen molar-refractivity contribution in [1.82, 2.24) is 9.55 Å².